The highest BCUT2D eigenvalue weighted by molar-refractivity contribution is 5.85. The summed E-state index contributed by atoms with van der Waals surface area (Å²) in [6.45, 7) is -1.48. The van der Waals surface area contributed by atoms with Gasteiger partial charge in [-0.25, -0.2) is 13.5 Å². The largest absolute Gasteiger partial charge is 0.483 e. The van der Waals surface area contributed by atoms with E-state index in [1.807, 2.05) is 0 Å². The van der Waals surface area contributed by atoms with Crippen LogP contribution in [0, 0.1) is 0 Å². The van der Waals surface area contributed by atoms with Gasteiger partial charge in [-0.05, 0) is 34.7 Å². The third-order valence-corrected chi connectivity index (χ3v) is 3.64. The summed E-state index contributed by atoms with van der Waals surface area (Å²) in [5.74, 6) is -0.0581. The molecule has 0 saturated carbocycles. The summed E-state index contributed by atoms with van der Waals surface area (Å²) in [5.41, 5.74) is 0.210. The van der Waals surface area contributed by atoms with Crippen molar-refractivity contribution >= 4 is 10.9 Å². The summed E-state index contributed by atoms with van der Waals surface area (Å²) in [6.07, 6.45) is -8.71. The van der Waals surface area contributed by atoms with Gasteiger partial charge in [-0.1, -0.05) is 6.07 Å². The van der Waals surface area contributed by atoms with Crippen LogP contribution in [0.25, 0.3) is 10.9 Å². The number of hydrogen-bond acceptors (Lipinski definition) is 6. The monoisotopic (exact) mass is 389 g/mol. The van der Waals surface area contributed by atoms with Crippen molar-refractivity contribution in [3.05, 3.63) is 42.4 Å². The molecule has 0 fully saturated rings. The van der Waals surface area contributed by atoms with E-state index < -0.39 is 31.4 Å². The molecule has 7 nitrogen and oxygen atoms in total. The van der Waals surface area contributed by atoms with Gasteiger partial charge in [0.05, 0.1) is 11.2 Å². The SMILES string of the molecule is OC(C(F)F)C(c1ccc2c(OCC(F)(F)F)cccc2n1)n1cnnn1. The molecule has 0 radical (unpaired) electrons. The molecule has 1 aromatic carbocycles. The van der Waals surface area contributed by atoms with Crippen LogP contribution in [-0.2, 0) is 0 Å². The number of benzene rings is 1. The predicted molar refractivity (Wildman–Crippen MR) is 81.3 cm³/mol. The summed E-state index contributed by atoms with van der Waals surface area (Å²) in [4.78, 5) is 4.17. The third-order valence-electron chi connectivity index (χ3n) is 3.64. The molecule has 12 heteroatoms. The molecule has 3 aromatic rings. The average molecular weight is 389 g/mol. The Morgan fingerprint density at radius 3 is 2.56 bits per heavy atom. The van der Waals surface area contributed by atoms with Gasteiger partial charge in [0, 0.05) is 5.39 Å². The average Bonchev–Trinajstić information content (AvgIpc) is 3.13. The van der Waals surface area contributed by atoms with Gasteiger partial charge in [-0.15, -0.1) is 5.10 Å². The van der Waals surface area contributed by atoms with Crippen molar-refractivity contribution in [2.45, 2.75) is 24.7 Å². The molecule has 0 bridgehead atoms. The standard InChI is InChI=1S/C15H12F5N5O2/c16-14(17)13(26)12(25-7-21-23-24-25)10-5-4-8-9(22-10)2-1-3-11(8)27-6-15(18,19)20/h1-5,7,12-14,26H,6H2. The number of rotatable bonds is 6. The number of pyridine rings is 1. The first-order chi connectivity index (χ1) is 12.8. The van der Waals surface area contributed by atoms with Crippen LogP contribution < -0.4 is 4.74 Å². The van der Waals surface area contributed by atoms with Gasteiger partial charge in [0.25, 0.3) is 6.43 Å². The Balaban J connectivity index is 2.00. The smallest absolute Gasteiger partial charge is 0.422 e. The minimum Gasteiger partial charge on any atom is -0.483 e. The van der Waals surface area contributed by atoms with E-state index in [1.165, 1.54) is 30.3 Å². The molecule has 0 saturated heterocycles. The Morgan fingerprint density at radius 1 is 1.15 bits per heavy atom. The number of aromatic nitrogens is 5. The minimum atomic E-state index is -4.51. The van der Waals surface area contributed by atoms with Gasteiger partial charge in [0.1, 0.15) is 24.2 Å². The summed E-state index contributed by atoms with van der Waals surface area (Å²) in [6, 6.07) is 5.51. The highest BCUT2D eigenvalue weighted by Crippen LogP contribution is 2.30. The lowest BCUT2D eigenvalue weighted by molar-refractivity contribution is -0.153. The first-order valence-electron chi connectivity index (χ1n) is 7.54. The lowest BCUT2D eigenvalue weighted by atomic mass is 10.1. The van der Waals surface area contributed by atoms with Crippen LogP contribution in [0.15, 0.2) is 36.7 Å². The molecular weight excluding hydrogens is 377 g/mol. The van der Waals surface area contributed by atoms with Crippen LogP contribution in [-0.4, -0.2) is 55.6 Å². The maximum atomic E-state index is 13.1. The van der Waals surface area contributed by atoms with E-state index in [9.17, 15) is 27.1 Å². The summed E-state index contributed by atoms with van der Waals surface area (Å²) >= 11 is 0. The molecule has 0 spiro atoms. The fraction of sp³-hybridized carbons (Fsp3) is 0.333. The molecule has 0 aliphatic rings. The van der Waals surface area contributed by atoms with Gasteiger partial charge in [-0.3, -0.25) is 4.98 Å². The van der Waals surface area contributed by atoms with E-state index in [2.05, 4.69) is 20.5 Å². The zero-order valence-corrected chi connectivity index (χ0v) is 13.4. The molecule has 2 atom stereocenters. The number of aliphatic hydroxyl groups excluding tert-OH is 1. The Hall–Kier alpha value is -2.89. The molecule has 2 heterocycles. The maximum Gasteiger partial charge on any atom is 0.422 e. The van der Waals surface area contributed by atoms with Gasteiger partial charge in [-0.2, -0.15) is 13.2 Å². The molecule has 2 aromatic heterocycles. The number of hydrogen-bond donors (Lipinski definition) is 1. The highest BCUT2D eigenvalue weighted by atomic mass is 19.4. The molecule has 0 aliphatic carbocycles. The zero-order valence-electron chi connectivity index (χ0n) is 13.4. The molecule has 27 heavy (non-hydrogen) atoms. The van der Waals surface area contributed by atoms with Crippen molar-refractivity contribution in [1.82, 2.24) is 25.2 Å². The lowest BCUT2D eigenvalue weighted by Gasteiger charge is -2.21. The van der Waals surface area contributed by atoms with Crippen LogP contribution >= 0.6 is 0 Å². The summed E-state index contributed by atoms with van der Waals surface area (Å²) in [5, 5.41) is 20.3. The van der Waals surface area contributed by atoms with Crippen LogP contribution in [0.1, 0.15) is 11.7 Å². The van der Waals surface area contributed by atoms with Crippen LogP contribution in [0.5, 0.6) is 5.75 Å². The van der Waals surface area contributed by atoms with Crippen molar-refractivity contribution < 1.29 is 31.8 Å². The van der Waals surface area contributed by atoms with E-state index >= 15 is 0 Å². The fourth-order valence-electron chi connectivity index (χ4n) is 2.49. The number of ether oxygens (including phenoxy) is 1. The van der Waals surface area contributed by atoms with Crippen LogP contribution in [0.2, 0.25) is 0 Å². The van der Waals surface area contributed by atoms with Crippen molar-refractivity contribution in [2.24, 2.45) is 0 Å². The van der Waals surface area contributed by atoms with Crippen molar-refractivity contribution in [2.75, 3.05) is 6.61 Å². The third kappa shape index (κ3) is 4.27. The highest BCUT2D eigenvalue weighted by Gasteiger charge is 2.33. The second-order valence-electron chi connectivity index (χ2n) is 5.52. The molecule has 0 aliphatic heterocycles. The number of nitrogens with zero attached hydrogens (tertiary/aromatic N) is 5. The van der Waals surface area contributed by atoms with Gasteiger partial charge < -0.3 is 9.84 Å². The molecule has 2 unspecified atom stereocenters. The second kappa shape index (κ2) is 7.39. The van der Waals surface area contributed by atoms with Crippen molar-refractivity contribution in [3.63, 3.8) is 0 Å². The van der Waals surface area contributed by atoms with Gasteiger partial charge >= 0.3 is 6.18 Å². The van der Waals surface area contributed by atoms with Gasteiger partial charge in [0.15, 0.2) is 6.61 Å². The Bertz CT molecular complexity index is 903. The van der Waals surface area contributed by atoms with E-state index in [4.69, 9.17) is 4.74 Å². The topological polar surface area (TPSA) is 86.0 Å². The second-order valence-corrected chi connectivity index (χ2v) is 5.52. The molecule has 144 valence electrons. The zero-order chi connectivity index (χ0) is 19.6. The first kappa shape index (κ1) is 18.9. The minimum absolute atomic E-state index is 0.00979. The molecule has 0 amide bonds. The van der Waals surface area contributed by atoms with Crippen molar-refractivity contribution in [1.29, 1.82) is 0 Å². The Kier molecular flexibility index (Phi) is 5.17. The number of alkyl halides is 5. The number of fused-ring (bicyclic) bond motifs is 1. The van der Waals surface area contributed by atoms with E-state index in [0.717, 1.165) is 11.0 Å². The fourth-order valence-corrected chi connectivity index (χ4v) is 2.49. The summed E-state index contributed by atoms with van der Waals surface area (Å²) < 4.78 is 68.9. The lowest BCUT2D eigenvalue weighted by Crippen LogP contribution is -2.32. The van der Waals surface area contributed by atoms with E-state index in [1.54, 1.807) is 0 Å². The van der Waals surface area contributed by atoms with E-state index in [0.29, 0.717) is 0 Å². The number of aliphatic hydroxyl groups is 1. The van der Waals surface area contributed by atoms with Crippen LogP contribution in [0.4, 0.5) is 22.0 Å². The van der Waals surface area contributed by atoms with E-state index in [-0.39, 0.29) is 22.3 Å². The van der Waals surface area contributed by atoms with Crippen molar-refractivity contribution in [3.8, 4) is 5.75 Å². The van der Waals surface area contributed by atoms with Gasteiger partial charge in [0.2, 0.25) is 0 Å². The maximum absolute atomic E-state index is 13.1. The summed E-state index contributed by atoms with van der Waals surface area (Å²) in [7, 11) is 0. The quantitative estimate of drug-likeness (QED) is 0.652. The normalized spacial score (nSPS) is 14.5. The molecule has 1 N–H and O–H groups in total. The molecule has 3 rings (SSSR count). The number of tetrazole rings is 1. The Labute approximate surface area is 148 Å². The first-order valence-corrected chi connectivity index (χ1v) is 7.54. The van der Waals surface area contributed by atoms with Crippen LogP contribution in [0.3, 0.4) is 0 Å². The molecular formula is C15H12F5N5O2. The Morgan fingerprint density at radius 2 is 1.93 bits per heavy atom. The predicted octanol–water partition coefficient (Wildman–Crippen LogP) is 2.38. The number of halogens is 5.